The number of rotatable bonds is 6. The van der Waals surface area contributed by atoms with Crippen molar-refractivity contribution in [2.75, 3.05) is 5.75 Å². The average molecular weight is 270 g/mol. The van der Waals surface area contributed by atoms with E-state index < -0.39 is 5.97 Å². The van der Waals surface area contributed by atoms with Gasteiger partial charge in [-0.05, 0) is 6.42 Å². The van der Waals surface area contributed by atoms with Crippen molar-refractivity contribution in [1.82, 2.24) is 9.55 Å². The van der Waals surface area contributed by atoms with Crippen LogP contribution in [0.15, 0.2) is 11.4 Å². The monoisotopic (exact) mass is 270 g/mol. The molecule has 0 aliphatic rings. The van der Waals surface area contributed by atoms with Crippen molar-refractivity contribution in [3.8, 4) is 0 Å². The van der Waals surface area contributed by atoms with E-state index in [2.05, 4.69) is 37.2 Å². The molecule has 0 aliphatic carbocycles. The van der Waals surface area contributed by atoms with Gasteiger partial charge in [0, 0.05) is 23.9 Å². The molecule has 4 nitrogen and oxygen atoms in total. The van der Waals surface area contributed by atoms with Crippen LogP contribution in [-0.2, 0) is 16.8 Å². The number of nitrogens with zero attached hydrogens (tertiary/aromatic N) is 2. The highest BCUT2D eigenvalue weighted by Gasteiger charge is 2.21. The van der Waals surface area contributed by atoms with Crippen LogP contribution in [0.2, 0.25) is 0 Å². The Balaban J connectivity index is 2.95. The van der Waals surface area contributed by atoms with Gasteiger partial charge in [-0.2, -0.15) is 0 Å². The van der Waals surface area contributed by atoms with E-state index in [4.69, 9.17) is 5.11 Å². The molecule has 1 N–H and O–H groups in total. The standard InChI is InChI=1S/C13H22N2O2S/c1-5-6-7-15-10(13(2,3)4)8-14-12(15)18-9-11(16)17/h8H,5-7,9H2,1-4H3,(H,16,17). The zero-order valence-corrected chi connectivity index (χ0v) is 12.4. The second kappa shape index (κ2) is 6.27. The van der Waals surface area contributed by atoms with Crippen molar-refractivity contribution in [2.24, 2.45) is 0 Å². The average Bonchev–Trinajstić information content (AvgIpc) is 2.66. The number of unbranched alkanes of at least 4 members (excludes halogenated alkanes) is 1. The summed E-state index contributed by atoms with van der Waals surface area (Å²) in [6.07, 6.45) is 4.07. The zero-order valence-electron chi connectivity index (χ0n) is 11.6. The van der Waals surface area contributed by atoms with Crippen LogP contribution in [-0.4, -0.2) is 26.4 Å². The van der Waals surface area contributed by atoms with E-state index in [0.717, 1.165) is 24.5 Å². The van der Waals surface area contributed by atoms with Crippen molar-refractivity contribution >= 4 is 17.7 Å². The second-order valence-electron chi connectivity index (χ2n) is 5.36. The quantitative estimate of drug-likeness (QED) is 0.807. The van der Waals surface area contributed by atoms with Crippen LogP contribution in [0.25, 0.3) is 0 Å². The minimum atomic E-state index is -0.803. The van der Waals surface area contributed by atoms with Crippen LogP contribution in [0.3, 0.4) is 0 Å². The molecule has 0 saturated carbocycles. The molecule has 0 radical (unpaired) electrons. The summed E-state index contributed by atoms with van der Waals surface area (Å²) >= 11 is 1.29. The molecule has 0 atom stereocenters. The summed E-state index contributed by atoms with van der Waals surface area (Å²) in [4.78, 5) is 15.0. The van der Waals surface area contributed by atoms with Crippen LogP contribution in [0.4, 0.5) is 0 Å². The molecule has 0 saturated heterocycles. The second-order valence-corrected chi connectivity index (χ2v) is 6.31. The fourth-order valence-electron chi connectivity index (χ4n) is 1.73. The molecule has 0 fully saturated rings. The molecule has 1 rings (SSSR count). The number of thioether (sulfide) groups is 1. The lowest BCUT2D eigenvalue weighted by molar-refractivity contribution is -0.133. The van der Waals surface area contributed by atoms with Crippen LogP contribution in [0, 0.1) is 0 Å². The lowest BCUT2D eigenvalue weighted by Gasteiger charge is -2.21. The van der Waals surface area contributed by atoms with Crippen LogP contribution >= 0.6 is 11.8 Å². The molecule has 0 bridgehead atoms. The minimum Gasteiger partial charge on any atom is -0.481 e. The van der Waals surface area contributed by atoms with E-state index in [-0.39, 0.29) is 11.2 Å². The van der Waals surface area contributed by atoms with Gasteiger partial charge in [-0.1, -0.05) is 45.9 Å². The first-order chi connectivity index (χ1) is 8.36. The Morgan fingerprint density at radius 1 is 1.50 bits per heavy atom. The normalized spacial score (nSPS) is 11.8. The molecule has 0 amide bonds. The molecule has 0 aromatic carbocycles. The Hall–Kier alpha value is -0.970. The van der Waals surface area contributed by atoms with Crippen LogP contribution in [0.5, 0.6) is 0 Å². The summed E-state index contributed by atoms with van der Waals surface area (Å²) in [6, 6.07) is 0. The van der Waals surface area contributed by atoms with Crippen molar-refractivity contribution in [3.63, 3.8) is 0 Å². The summed E-state index contributed by atoms with van der Waals surface area (Å²) in [6.45, 7) is 9.51. The topological polar surface area (TPSA) is 55.1 Å². The maximum absolute atomic E-state index is 10.6. The van der Waals surface area contributed by atoms with Gasteiger partial charge in [0.2, 0.25) is 0 Å². The van der Waals surface area contributed by atoms with Crippen molar-refractivity contribution in [3.05, 3.63) is 11.9 Å². The van der Waals surface area contributed by atoms with Crippen molar-refractivity contribution in [2.45, 2.75) is 57.7 Å². The smallest absolute Gasteiger partial charge is 0.313 e. The lowest BCUT2D eigenvalue weighted by Crippen LogP contribution is -2.18. The predicted octanol–water partition coefficient (Wildman–Crippen LogP) is 3.16. The molecule has 0 spiro atoms. The zero-order chi connectivity index (χ0) is 13.8. The molecule has 0 unspecified atom stereocenters. The lowest BCUT2D eigenvalue weighted by atomic mass is 9.92. The maximum atomic E-state index is 10.6. The van der Waals surface area contributed by atoms with Crippen molar-refractivity contribution < 1.29 is 9.90 Å². The fourth-order valence-corrected chi connectivity index (χ4v) is 2.46. The SMILES string of the molecule is CCCCn1c(C(C)(C)C)cnc1SCC(=O)O. The summed E-state index contributed by atoms with van der Waals surface area (Å²) < 4.78 is 2.16. The van der Waals surface area contributed by atoms with Crippen molar-refractivity contribution in [1.29, 1.82) is 0 Å². The van der Waals surface area contributed by atoms with Crippen LogP contribution < -0.4 is 0 Å². The summed E-state index contributed by atoms with van der Waals surface area (Å²) in [5.41, 5.74) is 1.20. The van der Waals surface area contributed by atoms with Crippen LogP contribution in [0.1, 0.15) is 46.2 Å². The van der Waals surface area contributed by atoms with E-state index in [9.17, 15) is 4.79 Å². The summed E-state index contributed by atoms with van der Waals surface area (Å²) in [5, 5.41) is 9.57. The molecule has 1 aromatic rings. The van der Waals surface area contributed by atoms with E-state index in [0.29, 0.717) is 0 Å². The Bertz CT molecular complexity index is 408. The first-order valence-corrected chi connectivity index (χ1v) is 7.25. The van der Waals surface area contributed by atoms with E-state index in [1.165, 1.54) is 17.5 Å². The van der Waals surface area contributed by atoms with Gasteiger partial charge in [-0.25, -0.2) is 4.98 Å². The Morgan fingerprint density at radius 2 is 2.17 bits per heavy atom. The number of aliphatic carboxylic acids is 1. The highest BCUT2D eigenvalue weighted by atomic mass is 32.2. The number of carbonyl (C=O) groups is 1. The predicted molar refractivity (Wildman–Crippen MR) is 74.2 cm³/mol. The Morgan fingerprint density at radius 3 is 2.67 bits per heavy atom. The van der Waals surface area contributed by atoms with Gasteiger partial charge < -0.3 is 9.67 Å². The van der Waals surface area contributed by atoms with Gasteiger partial charge in [0.25, 0.3) is 0 Å². The summed E-state index contributed by atoms with van der Waals surface area (Å²) in [7, 11) is 0. The molecule has 1 aromatic heterocycles. The Labute approximate surface area is 113 Å². The van der Waals surface area contributed by atoms with E-state index in [1.807, 2.05) is 6.20 Å². The Kier molecular flexibility index (Phi) is 5.26. The highest BCUT2D eigenvalue weighted by molar-refractivity contribution is 7.99. The maximum Gasteiger partial charge on any atom is 0.313 e. The minimum absolute atomic E-state index is 0.0305. The number of hydrogen-bond donors (Lipinski definition) is 1. The number of imidazole rings is 1. The molecule has 5 heteroatoms. The van der Waals surface area contributed by atoms with Gasteiger partial charge in [-0.3, -0.25) is 4.79 Å². The molecule has 1 heterocycles. The summed E-state index contributed by atoms with van der Waals surface area (Å²) in [5.74, 6) is -0.741. The van der Waals surface area contributed by atoms with E-state index in [1.54, 1.807) is 0 Å². The molecule has 18 heavy (non-hydrogen) atoms. The van der Waals surface area contributed by atoms with Gasteiger partial charge >= 0.3 is 5.97 Å². The molecular formula is C13H22N2O2S. The third kappa shape index (κ3) is 4.05. The fraction of sp³-hybridized carbons (Fsp3) is 0.692. The molecular weight excluding hydrogens is 248 g/mol. The number of hydrogen-bond acceptors (Lipinski definition) is 3. The largest absolute Gasteiger partial charge is 0.481 e. The third-order valence-corrected chi connectivity index (χ3v) is 3.62. The van der Waals surface area contributed by atoms with Gasteiger partial charge in [0.05, 0.1) is 5.75 Å². The third-order valence-electron chi connectivity index (χ3n) is 2.65. The number of carboxylic acid groups (broad SMARTS) is 1. The highest BCUT2D eigenvalue weighted by Crippen LogP contribution is 2.27. The van der Waals surface area contributed by atoms with Gasteiger partial charge in [0.15, 0.2) is 5.16 Å². The molecule has 102 valence electrons. The number of carboxylic acids is 1. The number of aromatic nitrogens is 2. The van der Waals surface area contributed by atoms with E-state index >= 15 is 0 Å². The molecule has 0 aliphatic heterocycles. The first kappa shape index (κ1) is 15.1. The first-order valence-electron chi connectivity index (χ1n) is 6.27. The van der Waals surface area contributed by atoms with Gasteiger partial charge in [0.1, 0.15) is 0 Å². The van der Waals surface area contributed by atoms with Gasteiger partial charge in [-0.15, -0.1) is 0 Å².